The van der Waals surface area contributed by atoms with Gasteiger partial charge in [-0.3, -0.25) is 5.11 Å². The number of aliphatic hydroxyl groups is 1. The Morgan fingerprint density at radius 1 is 1.24 bits per heavy atom. The van der Waals surface area contributed by atoms with Crippen LogP contribution in [0.25, 0.3) is 0 Å². The molecule has 4 N–H and O–H groups in total. The highest BCUT2D eigenvalue weighted by Gasteiger charge is 2.06. The number of benzene rings is 1. The van der Waals surface area contributed by atoms with E-state index < -0.39 is 6.10 Å². The van der Waals surface area contributed by atoms with E-state index in [9.17, 15) is 10.2 Å². The van der Waals surface area contributed by atoms with E-state index in [0.717, 1.165) is 0 Å². The minimum atomic E-state index is -0.641. The van der Waals surface area contributed by atoms with Crippen LogP contribution in [0.4, 0.5) is 5.82 Å². The second-order valence-corrected chi connectivity index (χ2v) is 4.56. The first-order valence-corrected chi connectivity index (χ1v) is 6.65. The van der Waals surface area contributed by atoms with Crippen molar-refractivity contribution in [3.8, 4) is 11.5 Å². The van der Waals surface area contributed by atoms with Crippen LogP contribution in [0.1, 0.15) is 11.7 Å². The maximum absolute atomic E-state index is 10.9. The summed E-state index contributed by atoms with van der Waals surface area (Å²) in [5.41, 5.74) is 6.20. The largest absolute Gasteiger partial charge is 0.492 e. The summed E-state index contributed by atoms with van der Waals surface area (Å²) in [7, 11) is 0. The lowest BCUT2D eigenvalue weighted by Gasteiger charge is -2.12. The van der Waals surface area contributed by atoms with Crippen LogP contribution >= 0.6 is 0 Å². The number of rotatable bonds is 7. The van der Waals surface area contributed by atoms with E-state index in [1.165, 1.54) is 12.1 Å². The molecule has 0 fully saturated rings. The fourth-order valence-corrected chi connectivity index (χ4v) is 1.75. The van der Waals surface area contributed by atoms with Gasteiger partial charge in [0.2, 0.25) is 0 Å². The van der Waals surface area contributed by atoms with Crippen LogP contribution in [-0.4, -0.2) is 29.8 Å². The van der Waals surface area contributed by atoms with Crippen molar-refractivity contribution in [3.05, 3.63) is 48.2 Å². The minimum Gasteiger partial charge on any atom is -0.492 e. The van der Waals surface area contributed by atoms with E-state index in [1.54, 1.807) is 30.5 Å². The second-order valence-electron chi connectivity index (χ2n) is 4.56. The molecular formula is C15H18N3O3. The fraction of sp³-hybridized carbons (Fsp3) is 0.267. The summed E-state index contributed by atoms with van der Waals surface area (Å²) >= 11 is 0. The molecule has 21 heavy (non-hydrogen) atoms. The summed E-state index contributed by atoms with van der Waals surface area (Å²) in [4.78, 5) is 3.93. The van der Waals surface area contributed by atoms with Gasteiger partial charge in [-0.15, -0.1) is 0 Å². The van der Waals surface area contributed by atoms with Gasteiger partial charge in [0.1, 0.15) is 18.2 Å². The number of nitrogens with two attached hydrogens (primary N) is 1. The number of hydrogen-bond acceptors (Lipinski definition) is 5. The molecule has 1 aromatic carbocycles. The molecule has 1 heterocycles. The van der Waals surface area contributed by atoms with E-state index in [0.29, 0.717) is 36.8 Å². The Bertz CT molecular complexity index is 543. The summed E-state index contributed by atoms with van der Waals surface area (Å²) in [5, 5.41) is 23.9. The molecule has 111 valence electrons. The van der Waals surface area contributed by atoms with Crippen LogP contribution in [0.2, 0.25) is 0 Å². The van der Waals surface area contributed by atoms with Gasteiger partial charge in [0.05, 0.1) is 6.10 Å². The average molecular weight is 288 g/mol. The number of pyridine rings is 1. The molecule has 0 saturated heterocycles. The Kier molecular flexibility index (Phi) is 5.36. The predicted octanol–water partition coefficient (Wildman–Crippen LogP) is 1.51. The lowest BCUT2D eigenvalue weighted by molar-refractivity contribution is 0.171. The van der Waals surface area contributed by atoms with Crippen molar-refractivity contribution >= 4 is 5.82 Å². The molecule has 0 bridgehead atoms. The molecule has 0 aliphatic rings. The summed E-state index contributed by atoms with van der Waals surface area (Å²) in [6.45, 7) is 1.43. The molecule has 2 rings (SSSR count). The molecule has 2 aromatic rings. The molecule has 0 aliphatic heterocycles. The van der Waals surface area contributed by atoms with Gasteiger partial charge in [-0.25, -0.2) is 4.98 Å². The minimum absolute atomic E-state index is 0.0410. The van der Waals surface area contributed by atoms with Crippen LogP contribution in [0.3, 0.4) is 0 Å². The molecule has 1 radical (unpaired) electrons. The molecule has 6 heteroatoms. The zero-order valence-electron chi connectivity index (χ0n) is 11.5. The van der Waals surface area contributed by atoms with Gasteiger partial charge in [0.25, 0.3) is 0 Å². The van der Waals surface area contributed by atoms with E-state index in [-0.39, 0.29) is 5.75 Å². The Labute approximate surface area is 123 Å². The molecule has 0 amide bonds. The number of nitrogens with zero attached hydrogens (tertiary/aromatic N) is 1. The molecule has 1 aromatic heterocycles. The summed E-state index contributed by atoms with van der Waals surface area (Å²) in [6, 6.07) is 9.59. The van der Waals surface area contributed by atoms with Crippen LogP contribution in [0.15, 0.2) is 42.6 Å². The average Bonchev–Trinajstić information content (AvgIpc) is 2.49. The topological polar surface area (TPSA) is 100 Å². The van der Waals surface area contributed by atoms with Crippen LogP contribution in [0.5, 0.6) is 11.5 Å². The Morgan fingerprint density at radius 2 is 2.00 bits per heavy atom. The third kappa shape index (κ3) is 4.94. The first-order valence-electron chi connectivity index (χ1n) is 6.65. The number of aromatic nitrogens is 1. The zero-order chi connectivity index (χ0) is 15.1. The maximum Gasteiger partial charge on any atom is 0.178 e. The number of nitrogen functional groups attached to an aromatic ring is 1. The van der Waals surface area contributed by atoms with E-state index in [1.807, 2.05) is 0 Å². The van der Waals surface area contributed by atoms with Crippen molar-refractivity contribution in [2.24, 2.45) is 0 Å². The maximum atomic E-state index is 10.9. The highest BCUT2D eigenvalue weighted by molar-refractivity contribution is 5.30. The summed E-state index contributed by atoms with van der Waals surface area (Å²) < 4.78 is 5.45. The third-order valence-corrected chi connectivity index (χ3v) is 2.90. The van der Waals surface area contributed by atoms with Crippen LogP contribution in [0, 0.1) is 0 Å². The SMILES string of the molecule is Nc1ccc([C@@H](O)CNCCOc2ccc([O])cc2)cn1. The van der Waals surface area contributed by atoms with Gasteiger partial charge in [0, 0.05) is 24.8 Å². The monoisotopic (exact) mass is 288 g/mol. The van der Waals surface area contributed by atoms with Crippen LogP contribution in [-0.2, 0) is 5.11 Å². The number of ether oxygens (including phenoxy) is 1. The second kappa shape index (κ2) is 7.47. The fourth-order valence-electron chi connectivity index (χ4n) is 1.75. The third-order valence-electron chi connectivity index (χ3n) is 2.90. The normalized spacial score (nSPS) is 12.0. The number of anilines is 1. The van der Waals surface area contributed by atoms with Crippen molar-refractivity contribution in [3.63, 3.8) is 0 Å². The van der Waals surface area contributed by atoms with Gasteiger partial charge in [0.15, 0.2) is 5.75 Å². The number of hydrogen-bond donors (Lipinski definition) is 3. The van der Waals surface area contributed by atoms with Crippen molar-refractivity contribution in [2.45, 2.75) is 6.10 Å². The molecule has 0 aliphatic carbocycles. The van der Waals surface area contributed by atoms with Gasteiger partial charge in [-0.2, -0.15) is 0 Å². The van der Waals surface area contributed by atoms with Crippen LogP contribution < -0.4 is 15.8 Å². The predicted molar refractivity (Wildman–Crippen MR) is 78.5 cm³/mol. The molecular weight excluding hydrogens is 270 g/mol. The highest BCUT2D eigenvalue weighted by atomic mass is 16.5. The Morgan fingerprint density at radius 3 is 2.67 bits per heavy atom. The van der Waals surface area contributed by atoms with Crippen molar-refractivity contribution < 1.29 is 14.9 Å². The smallest absolute Gasteiger partial charge is 0.178 e. The quantitative estimate of drug-likeness (QED) is 0.670. The Balaban J connectivity index is 1.65. The van der Waals surface area contributed by atoms with Gasteiger partial charge in [-0.1, -0.05) is 6.07 Å². The molecule has 6 nitrogen and oxygen atoms in total. The molecule has 1 atom stereocenters. The van der Waals surface area contributed by atoms with Gasteiger partial charge >= 0.3 is 0 Å². The zero-order valence-corrected chi connectivity index (χ0v) is 11.5. The number of nitrogens with one attached hydrogen (secondary N) is 1. The van der Waals surface area contributed by atoms with Crippen molar-refractivity contribution in [2.75, 3.05) is 25.4 Å². The van der Waals surface area contributed by atoms with E-state index in [2.05, 4.69) is 10.3 Å². The lowest BCUT2D eigenvalue weighted by Crippen LogP contribution is -2.26. The Hall–Kier alpha value is -2.31. The lowest BCUT2D eigenvalue weighted by atomic mass is 10.1. The highest BCUT2D eigenvalue weighted by Crippen LogP contribution is 2.16. The number of aliphatic hydroxyl groups excluding tert-OH is 1. The van der Waals surface area contributed by atoms with Gasteiger partial charge in [-0.05, 0) is 30.3 Å². The molecule has 0 unspecified atom stereocenters. The molecule has 0 saturated carbocycles. The first kappa shape index (κ1) is 15.1. The van der Waals surface area contributed by atoms with Crippen molar-refractivity contribution in [1.82, 2.24) is 10.3 Å². The molecule has 0 spiro atoms. The van der Waals surface area contributed by atoms with Crippen molar-refractivity contribution in [1.29, 1.82) is 0 Å². The van der Waals surface area contributed by atoms with Gasteiger partial charge < -0.3 is 20.9 Å². The first-order chi connectivity index (χ1) is 10.1. The summed E-state index contributed by atoms with van der Waals surface area (Å²) in [5.74, 6) is 1.04. The van der Waals surface area contributed by atoms with E-state index >= 15 is 0 Å². The van der Waals surface area contributed by atoms with E-state index in [4.69, 9.17) is 10.5 Å². The standard InChI is InChI=1S/C15H18N3O3/c16-15-6-1-11(9-18-15)14(20)10-17-7-8-21-13-4-2-12(19)3-5-13/h1-6,9,14,17,20H,7-8,10H2,(H2,16,18)/t14-/m0/s1. The summed E-state index contributed by atoms with van der Waals surface area (Å²) in [6.07, 6.45) is 0.917.